The number of anilines is 2. The van der Waals surface area contributed by atoms with Crippen LogP contribution >= 0.6 is 0 Å². The van der Waals surface area contributed by atoms with E-state index in [1.165, 1.54) is 0 Å². The van der Waals surface area contributed by atoms with Gasteiger partial charge in [0, 0.05) is 18.0 Å². The van der Waals surface area contributed by atoms with Crippen LogP contribution in [0.2, 0.25) is 0 Å². The van der Waals surface area contributed by atoms with Crippen LogP contribution in [-0.2, 0) is 10.2 Å². The van der Waals surface area contributed by atoms with Gasteiger partial charge in [0.15, 0.2) is 5.82 Å². The number of pyridine rings is 1. The number of aryl methyl sites for hydroxylation is 2. The minimum atomic E-state index is -0.606. The van der Waals surface area contributed by atoms with Crippen LogP contribution in [0.3, 0.4) is 0 Å². The van der Waals surface area contributed by atoms with E-state index >= 15 is 0 Å². The fourth-order valence-corrected chi connectivity index (χ4v) is 3.37. The highest BCUT2D eigenvalue weighted by molar-refractivity contribution is 6.12. The average molecular weight is 344 g/mol. The molecule has 1 amide bonds. The molecule has 3 heterocycles. The number of hydrogen-bond donors (Lipinski definition) is 0. The molecule has 0 saturated heterocycles. The predicted molar refractivity (Wildman–Crippen MR) is 101 cm³/mol. The van der Waals surface area contributed by atoms with E-state index in [2.05, 4.69) is 27.1 Å². The Kier molecular flexibility index (Phi) is 3.61. The zero-order valence-electron chi connectivity index (χ0n) is 15.3. The van der Waals surface area contributed by atoms with Crippen LogP contribution in [0.1, 0.15) is 30.7 Å². The lowest BCUT2D eigenvalue weighted by Gasteiger charge is -2.19. The molecule has 1 aromatic carbocycles. The molecule has 0 unspecified atom stereocenters. The van der Waals surface area contributed by atoms with Gasteiger partial charge in [0.1, 0.15) is 0 Å². The Morgan fingerprint density at radius 2 is 1.73 bits per heavy atom. The number of nitrogens with zero attached hydrogens (tertiary/aromatic N) is 4. The largest absolute Gasteiger partial charge is 0.273 e. The lowest BCUT2D eigenvalue weighted by Crippen LogP contribution is -2.33. The van der Waals surface area contributed by atoms with E-state index in [4.69, 9.17) is 0 Å². The topological polar surface area (TPSA) is 59.0 Å². The smallest absolute Gasteiger partial charge is 0.242 e. The summed E-state index contributed by atoms with van der Waals surface area (Å²) >= 11 is 0. The second-order valence-corrected chi connectivity index (χ2v) is 7.26. The van der Waals surface area contributed by atoms with Gasteiger partial charge < -0.3 is 0 Å². The van der Waals surface area contributed by atoms with E-state index in [0.717, 1.165) is 33.6 Å². The van der Waals surface area contributed by atoms with Crippen molar-refractivity contribution in [2.75, 3.05) is 4.90 Å². The number of carbonyl (C=O) groups is 1. The molecular weight excluding hydrogens is 324 g/mol. The van der Waals surface area contributed by atoms with Crippen LogP contribution in [-0.4, -0.2) is 20.9 Å². The van der Waals surface area contributed by atoms with Gasteiger partial charge in [-0.15, -0.1) is 0 Å². The van der Waals surface area contributed by atoms with E-state index in [9.17, 15) is 4.79 Å². The van der Waals surface area contributed by atoms with Gasteiger partial charge in [0.05, 0.1) is 29.2 Å². The number of hydrogen-bond acceptors (Lipinski definition) is 4. The molecule has 26 heavy (non-hydrogen) atoms. The molecule has 0 aliphatic carbocycles. The third kappa shape index (κ3) is 2.47. The number of rotatable bonds is 2. The normalized spacial score (nSPS) is 15.2. The molecule has 0 spiro atoms. The highest BCUT2D eigenvalue weighted by Gasteiger charge is 2.45. The molecular formula is C21H20N4O. The van der Waals surface area contributed by atoms with Gasteiger partial charge >= 0.3 is 0 Å². The van der Waals surface area contributed by atoms with Crippen LogP contribution < -0.4 is 4.90 Å². The number of aromatic nitrogens is 3. The van der Waals surface area contributed by atoms with Crippen molar-refractivity contribution < 1.29 is 4.79 Å². The molecule has 130 valence electrons. The van der Waals surface area contributed by atoms with Crippen molar-refractivity contribution >= 4 is 17.4 Å². The van der Waals surface area contributed by atoms with Crippen molar-refractivity contribution in [2.45, 2.75) is 33.1 Å². The summed E-state index contributed by atoms with van der Waals surface area (Å²) in [6.45, 7) is 7.79. The van der Waals surface area contributed by atoms with Crippen molar-refractivity contribution in [3.63, 3.8) is 0 Å². The minimum Gasteiger partial charge on any atom is -0.273 e. The van der Waals surface area contributed by atoms with Crippen LogP contribution in [0.15, 0.2) is 49.1 Å². The summed E-state index contributed by atoms with van der Waals surface area (Å²) in [5.74, 6) is 0.553. The molecule has 0 atom stereocenters. The predicted octanol–water partition coefficient (Wildman–Crippen LogP) is 4.11. The van der Waals surface area contributed by atoms with Gasteiger partial charge in [-0.3, -0.25) is 19.7 Å². The number of fused-ring (bicyclic) bond motifs is 1. The van der Waals surface area contributed by atoms with Crippen molar-refractivity contribution in [2.24, 2.45) is 0 Å². The summed E-state index contributed by atoms with van der Waals surface area (Å²) in [5.41, 5.74) is 5.22. The summed E-state index contributed by atoms with van der Waals surface area (Å²) < 4.78 is 0. The maximum absolute atomic E-state index is 13.1. The van der Waals surface area contributed by atoms with E-state index in [0.29, 0.717) is 5.82 Å². The molecule has 5 nitrogen and oxygen atoms in total. The zero-order chi connectivity index (χ0) is 18.5. The molecule has 0 bridgehead atoms. The number of benzene rings is 1. The molecule has 1 aliphatic rings. The zero-order valence-corrected chi connectivity index (χ0v) is 15.3. The molecule has 5 heteroatoms. The minimum absolute atomic E-state index is 0.00479. The van der Waals surface area contributed by atoms with E-state index in [1.807, 2.05) is 52.2 Å². The monoisotopic (exact) mass is 344 g/mol. The van der Waals surface area contributed by atoms with Crippen molar-refractivity contribution in [1.29, 1.82) is 0 Å². The Hall–Kier alpha value is -3.08. The molecule has 4 rings (SSSR count). The van der Waals surface area contributed by atoms with E-state index in [-0.39, 0.29) is 5.91 Å². The summed E-state index contributed by atoms with van der Waals surface area (Å²) in [6, 6.07) is 8.22. The summed E-state index contributed by atoms with van der Waals surface area (Å²) in [5, 5.41) is 0. The molecule has 1 aliphatic heterocycles. The van der Waals surface area contributed by atoms with Crippen LogP contribution in [0, 0.1) is 13.8 Å². The van der Waals surface area contributed by atoms with Crippen molar-refractivity contribution in [1.82, 2.24) is 15.0 Å². The van der Waals surface area contributed by atoms with Gasteiger partial charge in [0.25, 0.3) is 0 Å². The lowest BCUT2D eigenvalue weighted by molar-refractivity contribution is -0.121. The molecule has 0 fully saturated rings. The molecule has 0 N–H and O–H groups in total. The van der Waals surface area contributed by atoms with Crippen LogP contribution in [0.25, 0.3) is 11.1 Å². The highest BCUT2D eigenvalue weighted by atomic mass is 16.2. The van der Waals surface area contributed by atoms with Gasteiger partial charge in [-0.1, -0.05) is 12.1 Å². The Morgan fingerprint density at radius 1 is 0.923 bits per heavy atom. The number of amides is 1. The first kappa shape index (κ1) is 16.4. The first-order valence-corrected chi connectivity index (χ1v) is 8.58. The maximum atomic E-state index is 13.1. The van der Waals surface area contributed by atoms with E-state index in [1.54, 1.807) is 17.3 Å². The molecule has 0 radical (unpaired) electrons. The second kappa shape index (κ2) is 5.73. The third-order valence-electron chi connectivity index (χ3n) is 4.85. The average Bonchev–Trinajstić information content (AvgIpc) is 2.82. The fraction of sp³-hybridized carbons (Fsp3) is 0.238. The fourth-order valence-electron chi connectivity index (χ4n) is 3.37. The van der Waals surface area contributed by atoms with E-state index < -0.39 is 5.41 Å². The Balaban J connectivity index is 1.89. The van der Waals surface area contributed by atoms with Gasteiger partial charge in [0.2, 0.25) is 5.91 Å². The first-order valence-electron chi connectivity index (χ1n) is 8.58. The quantitative estimate of drug-likeness (QED) is 0.702. The standard InChI is InChI=1S/C21H20N4O/c1-13-7-16(11-22-9-13)15-5-6-17-18(8-15)25(20(26)21(17,3)4)19-12-23-14(2)10-24-19/h5-12H,1-4H3. The lowest BCUT2D eigenvalue weighted by atomic mass is 9.85. The SMILES string of the molecule is Cc1cncc(-c2ccc3c(c2)N(c2cnc(C)cn2)C(=O)C3(C)C)c1. The molecule has 3 aromatic rings. The van der Waals surface area contributed by atoms with Gasteiger partial charge in [-0.05, 0) is 56.5 Å². The van der Waals surface area contributed by atoms with Crippen LogP contribution in [0.5, 0.6) is 0 Å². The Labute approximate surface area is 152 Å². The Morgan fingerprint density at radius 3 is 2.42 bits per heavy atom. The number of carbonyl (C=O) groups excluding carboxylic acids is 1. The summed E-state index contributed by atoms with van der Waals surface area (Å²) in [4.78, 5) is 27.8. The molecule has 0 saturated carbocycles. The molecule has 2 aromatic heterocycles. The first-order chi connectivity index (χ1) is 12.4. The van der Waals surface area contributed by atoms with Gasteiger partial charge in [-0.2, -0.15) is 0 Å². The van der Waals surface area contributed by atoms with Crippen LogP contribution in [0.4, 0.5) is 11.5 Å². The second-order valence-electron chi connectivity index (χ2n) is 7.26. The maximum Gasteiger partial charge on any atom is 0.242 e. The third-order valence-corrected chi connectivity index (χ3v) is 4.85. The van der Waals surface area contributed by atoms with Crippen molar-refractivity contribution in [3.05, 3.63) is 65.9 Å². The van der Waals surface area contributed by atoms with Gasteiger partial charge in [-0.25, -0.2) is 4.98 Å². The van der Waals surface area contributed by atoms with Crippen molar-refractivity contribution in [3.8, 4) is 11.1 Å². The highest BCUT2D eigenvalue weighted by Crippen LogP contribution is 2.46. The summed E-state index contributed by atoms with van der Waals surface area (Å²) in [6.07, 6.45) is 7.01. The summed E-state index contributed by atoms with van der Waals surface area (Å²) in [7, 11) is 0. The Bertz CT molecular complexity index is 1010.